The van der Waals surface area contributed by atoms with Crippen LogP contribution in [0.2, 0.25) is 0 Å². The molecule has 1 aliphatic rings. The molecule has 0 bridgehead atoms. The summed E-state index contributed by atoms with van der Waals surface area (Å²) < 4.78 is 26.0. The van der Waals surface area contributed by atoms with Crippen molar-refractivity contribution in [2.45, 2.75) is 17.9 Å². The largest absolute Gasteiger partial charge is 0.398 e. The minimum Gasteiger partial charge on any atom is -0.398 e. The van der Waals surface area contributed by atoms with E-state index >= 15 is 0 Å². The third-order valence-electron chi connectivity index (χ3n) is 2.95. The molecule has 7 heteroatoms. The second kappa shape index (κ2) is 4.58. The van der Waals surface area contributed by atoms with Gasteiger partial charge in [0, 0.05) is 13.1 Å². The second-order valence-electron chi connectivity index (χ2n) is 4.12. The Morgan fingerprint density at radius 1 is 1.39 bits per heavy atom. The predicted molar refractivity (Wildman–Crippen MR) is 67.2 cm³/mol. The summed E-state index contributed by atoms with van der Waals surface area (Å²) in [4.78, 5) is 11.6. The number of carbonyl (C=O) groups excluding carboxylic acids is 1. The van der Waals surface area contributed by atoms with Crippen LogP contribution in [0.25, 0.3) is 0 Å². The lowest BCUT2D eigenvalue weighted by Gasteiger charge is -2.32. The van der Waals surface area contributed by atoms with Crippen molar-refractivity contribution in [1.29, 1.82) is 0 Å². The molecule has 1 unspecified atom stereocenters. The van der Waals surface area contributed by atoms with E-state index in [-0.39, 0.29) is 23.0 Å². The normalized spacial score (nSPS) is 21.6. The Bertz CT molecular complexity index is 571. The van der Waals surface area contributed by atoms with Gasteiger partial charge in [-0.05, 0) is 19.1 Å². The minimum absolute atomic E-state index is 0.0477. The number of benzene rings is 1. The third-order valence-corrected chi connectivity index (χ3v) is 4.99. The van der Waals surface area contributed by atoms with E-state index in [1.807, 2.05) is 0 Å². The van der Waals surface area contributed by atoms with Gasteiger partial charge in [0.15, 0.2) is 0 Å². The molecule has 0 aromatic heterocycles. The molecule has 98 valence electrons. The topological polar surface area (TPSA) is 92.5 Å². The van der Waals surface area contributed by atoms with Gasteiger partial charge in [-0.1, -0.05) is 12.1 Å². The molecule has 1 amide bonds. The average molecular weight is 269 g/mol. The molecule has 1 heterocycles. The Morgan fingerprint density at radius 3 is 2.72 bits per heavy atom. The van der Waals surface area contributed by atoms with E-state index < -0.39 is 16.1 Å². The zero-order chi connectivity index (χ0) is 13.3. The van der Waals surface area contributed by atoms with Crippen molar-refractivity contribution < 1.29 is 13.2 Å². The van der Waals surface area contributed by atoms with E-state index in [9.17, 15) is 13.2 Å². The molecular weight excluding hydrogens is 254 g/mol. The summed E-state index contributed by atoms with van der Waals surface area (Å²) in [6.45, 7) is 2.13. The molecule has 0 aliphatic carbocycles. The van der Waals surface area contributed by atoms with Crippen molar-refractivity contribution in [3.8, 4) is 0 Å². The van der Waals surface area contributed by atoms with E-state index in [2.05, 4.69) is 5.32 Å². The van der Waals surface area contributed by atoms with E-state index in [1.165, 1.54) is 16.4 Å². The number of carbonyl (C=O) groups is 1. The lowest BCUT2D eigenvalue weighted by atomic mass is 10.2. The quantitative estimate of drug-likeness (QED) is 0.726. The SMILES string of the molecule is CC1C(=O)NCCN1S(=O)(=O)c1ccccc1N. The van der Waals surface area contributed by atoms with Crippen LogP contribution in [0.4, 0.5) is 5.69 Å². The second-order valence-corrected chi connectivity index (χ2v) is 5.98. The van der Waals surface area contributed by atoms with Crippen LogP contribution in [0.1, 0.15) is 6.92 Å². The number of para-hydroxylation sites is 1. The zero-order valence-electron chi connectivity index (χ0n) is 9.96. The standard InChI is InChI=1S/C11H15N3O3S/c1-8-11(15)13-6-7-14(8)18(16,17)10-5-3-2-4-9(10)12/h2-5,8H,6-7,12H2,1H3,(H,13,15). The summed E-state index contributed by atoms with van der Waals surface area (Å²) in [5.41, 5.74) is 5.88. The lowest BCUT2D eigenvalue weighted by molar-refractivity contribution is -0.126. The molecule has 18 heavy (non-hydrogen) atoms. The van der Waals surface area contributed by atoms with Gasteiger partial charge in [-0.2, -0.15) is 4.31 Å². The molecule has 2 rings (SSSR count). The smallest absolute Gasteiger partial charge is 0.245 e. The molecule has 0 radical (unpaired) electrons. The number of sulfonamides is 1. The Kier molecular flexibility index (Phi) is 3.27. The van der Waals surface area contributed by atoms with Crippen LogP contribution in [0.15, 0.2) is 29.2 Å². The summed E-state index contributed by atoms with van der Waals surface area (Å²) in [5, 5.41) is 2.62. The molecule has 1 aliphatic heterocycles. The summed E-state index contributed by atoms with van der Waals surface area (Å²) in [7, 11) is -3.73. The summed E-state index contributed by atoms with van der Waals surface area (Å²) in [6, 6.07) is 5.53. The molecule has 1 aromatic rings. The zero-order valence-corrected chi connectivity index (χ0v) is 10.8. The van der Waals surface area contributed by atoms with Gasteiger partial charge in [0.05, 0.1) is 5.69 Å². The first-order valence-corrected chi connectivity index (χ1v) is 7.02. The highest BCUT2D eigenvalue weighted by molar-refractivity contribution is 7.89. The molecule has 1 atom stereocenters. The molecule has 6 nitrogen and oxygen atoms in total. The molecule has 1 fully saturated rings. The molecule has 3 N–H and O–H groups in total. The summed E-state index contributed by atoms with van der Waals surface area (Å²) >= 11 is 0. The van der Waals surface area contributed by atoms with Crippen molar-refractivity contribution in [2.24, 2.45) is 0 Å². The van der Waals surface area contributed by atoms with Crippen LogP contribution >= 0.6 is 0 Å². The van der Waals surface area contributed by atoms with Gasteiger partial charge in [0.25, 0.3) is 0 Å². The number of nitrogens with zero attached hydrogens (tertiary/aromatic N) is 1. The number of rotatable bonds is 2. The van der Waals surface area contributed by atoms with E-state index in [0.29, 0.717) is 6.54 Å². The van der Waals surface area contributed by atoms with E-state index in [0.717, 1.165) is 0 Å². The maximum atomic E-state index is 12.4. The Morgan fingerprint density at radius 2 is 2.06 bits per heavy atom. The highest BCUT2D eigenvalue weighted by Crippen LogP contribution is 2.24. The van der Waals surface area contributed by atoms with Crippen LogP contribution in [0.5, 0.6) is 0 Å². The fourth-order valence-electron chi connectivity index (χ4n) is 1.93. The summed E-state index contributed by atoms with van der Waals surface area (Å²) in [6.07, 6.45) is 0. The average Bonchev–Trinajstić information content (AvgIpc) is 2.32. The van der Waals surface area contributed by atoms with Crippen molar-refractivity contribution >= 4 is 21.6 Å². The summed E-state index contributed by atoms with van der Waals surface area (Å²) in [5.74, 6) is -0.292. The first-order valence-electron chi connectivity index (χ1n) is 5.58. The highest BCUT2D eigenvalue weighted by atomic mass is 32.2. The Balaban J connectivity index is 2.43. The van der Waals surface area contributed by atoms with Gasteiger partial charge in [0.1, 0.15) is 10.9 Å². The lowest BCUT2D eigenvalue weighted by Crippen LogP contribution is -2.55. The van der Waals surface area contributed by atoms with E-state index in [1.54, 1.807) is 19.1 Å². The number of nitrogens with one attached hydrogen (secondary N) is 1. The Hall–Kier alpha value is -1.60. The van der Waals surface area contributed by atoms with Gasteiger partial charge in [-0.15, -0.1) is 0 Å². The van der Waals surface area contributed by atoms with Crippen LogP contribution in [0.3, 0.4) is 0 Å². The molecular formula is C11H15N3O3S. The van der Waals surface area contributed by atoms with Gasteiger partial charge >= 0.3 is 0 Å². The first kappa shape index (κ1) is 12.8. The molecule has 0 saturated carbocycles. The van der Waals surface area contributed by atoms with Crippen molar-refractivity contribution in [3.63, 3.8) is 0 Å². The van der Waals surface area contributed by atoms with Crippen LogP contribution < -0.4 is 11.1 Å². The monoisotopic (exact) mass is 269 g/mol. The predicted octanol–water partition coefficient (Wildman–Crippen LogP) is -0.222. The fourth-order valence-corrected chi connectivity index (χ4v) is 3.64. The highest BCUT2D eigenvalue weighted by Gasteiger charge is 2.36. The molecule has 0 spiro atoms. The molecule has 1 saturated heterocycles. The third kappa shape index (κ3) is 2.06. The number of amides is 1. The van der Waals surface area contributed by atoms with Gasteiger partial charge in [-0.3, -0.25) is 4.79 Å². The van der Waals surface area contributed by atoms with E-state index in [4.69, 9.17) is 5.73 Å². The number of hydrogen-bond donors (Lipinski definition) is 2. The first-order chi connectivity index (χ1) is 8.44. The maximum absolute atomic E-state index is 12.4. The minimum atomic E-state index is -3.73. The fraction of sp³-hybridized carbons (Fsp3) is 0.364. The number of piperazine rings is 1. The number of nitrogen functional groups attached to an aromatic ring is 1. The number of anilines is 1. The van der Waals surface area contributed by atoms with Crippen molar-refractivity contribution in [1.82, 2.24) is 9.62 Å². The van der Waals surface area contributed by atoms with Crippen LogP contribution in [-0.2, 0) is 14.8 Å². The maximum Gasteiger partial charge on any atom is 0.245 e. The molecule has 1 aromatic carbocycles. The number of nitrogens with two attached hydrogens (primary N) is 1. The van der Waals surface area contributed by atoms with Gasteiger partial charge < -0.3 is 11.1 Å². The van der Waals surface area contributed by atoms with Gasteiger partial charge in [-0.25, -0.2) is 8.42 Å². The van der Waals surface area contributed by atoms with Crippen LogP contribution in [-0.4, -0.2) is 37.8 Å². The Labute approximate surface area is 106 Å². The van der Waals surface area contributed by atoms with Crippen molar-refractivity contribution in [2.75, 3.05) is 18.8 Å². The van der Waals surface area contributed by atoms with Crippen molar-refractivity contribution in [3.05, 3.63) is 24.3 Å². The van der Waals surface area contributed by atoms with Crippen LogP contribution in [0, 0.1) is 0 Å². The number of hydrogen-bond acceptors (Lipinski definition) is 4. The van der Waals surface area contributed by atoms with Gasteiger partial charge in [0.2, 0.25) is 15.9 Å².